The van der Waals surface area contributed by atoms with E-state index in [4.69, 9.17) is 4.74 Å². The maximum atomic E-state index is 11.8. The third-order valence-electron chi connectivity index (χ3n) is 4.44. The molecule has 1 saturated carbocycles. The summed E-state index contributed by atoms with van der Waals surface area (Å²) in [6, 6.07) is 5.15. The van der Waals surface area contributed by atoms with Crippen molar-refractivity contribution in [1.82, 2.24) is 15.0 Å². The summed E-state index contributed by atoms with van der Waals surface area (Å²) in [6.45, 7) is 2.10. The van der Waals surface area contributed by atoms with Gasteiger partial charge in [0.1, 0.15) is 16.8 Å². The van der Waals surface area contributed by atoms with Crippen molar-refractivity contribution in [3.63, 3.8) is 0 Å². The molecule has 0 amide bonds. The summed E-state index contributed by atoms with van der Waals surface area (Å²) in [6.07, 6.45) is 5.25. The zero-order valence-corrected chi connectivity index (χ0v) is 14.2. The van der Waals surface area contributed by atoms with Gasteiger partial charge < -0.3 is 14.8 Å². The lowest BCUT2D eigenvalue weighted by Gasteiger charge is -2.12. The minimum atomic E-state index is -1.07. The fourth-order valence-electron chi connectivity index (χ4n) is 2.75. The first-order chi connectivity index (χ1) is 12.5. The fourth-order valence-corrected chi connectivity index (χ4v) is 2.75. The number of aromatic carboxylic acids is 1. The molecule has 1 aliphatic carbocycles. The van der Waals surface area contributed by atoms with Gasteiger partial charge in [-0.05, 0) is 43.9 Å². The summed E-state index contributed by atoms with van der Waals surface area (Å²) in [5.74, 6) is 0.349. The van der Waals surface area contributed by atoms with Gasteiger partial charge >= 0.3 is 5.97 Å². The highest BCUT2D eigenvalue weighted by molar-refractivity contribution is 6.01. The van der Waals surface area contributed by atoms with Crippen molar-refractivity contribution in [1.29, 1.82) is 0 Å². The van der Waals surface area contributed by atoms with Gasteiger partial charge in [-0.1, -0.05) is 0 Å². The van der Waals surface area contributed by atoms with Crippen LogP contribution >= 0.6 is 0 Å². The lowest BCUT2D eigenvalue weighted by atomic mass is 10.1. The molecule has 132 valence electrons. The van der Waals surface area contributed by atoms with E-state index in [9.17, 15) is 14.7 Å². The maximum Gasteiger partial charge on any atom is 0.339 e. The van der Waals surface area contributed by atoms with E-state index in [1.807, 2.05) is 0 Å². The Morgan fingerprint density at radius 1 is 1.35 bits per heavy atom. The van der Waals surface area contributed by atoms with E-state index >= 15 is 0 Å². The molecule has 2 aromatic heterocycles. The quantitative estimate of drug-likeness (QED) is 0.660. The highest BCUT2D eigenvalue weighted by Gasteiger charge is 2.23. The Labute approximate surface area is 149 Å². The van der Waals surface area contributed by atoms with Gasteiger partial charge in [0.25, 0.3) is 0 Å². The highest BCUT2D eigenvalue weighted by atomic mass is 16.5. The molecule has 1 aromatic carbocycles. The molecule has 2 N–H and O–H groups in total. The van der Waals surface area contributed by atoms with E-state index in [1.165, 1.54) is 19.3 Å². The van der Waals surface area contributed by atoms with E-state index in [0.29, 0.717) is 46.3 Å². The Kier molecular flexibility index (Phi) is 3.91. The molecule has 26 heavy (non-hydrogen) atoms. The summed E-state index contributed by atoms with van der Waals surface area (Å²) in [4.78, 5) is 34.7. The summed E-state index contributed by atoms with van der Waals surface area (Å²) in [5.41, 5.74) is 2.04. The first kappa shape index (κ1) is 16.3. The SMILES string of the molecule is CC(=O)c1ccc(OCC2CC2)c(-c2ncc3[nH]cc(C(=O)O)c3n2)c1. The monoisotopic (exact) mass is 351 g/mol. The summed E-state index contributed by atoms with van der Waals surface area (Å²) < 4.78 is 5.91. The lowest BCUT2D eigenvalue weighted by molar-refractivity contribution is 0.0698. The van der Waals surface area contributed by atoms with Crippen LogP contribution in [0.3, 0.4) is 0 Å². The van der Waals surface area contributed by atoms with Crippen molar-refractivity contribution in [3.05, 3.63) is 41.7 Å². The molecule has 1 aliphatic rings. The number of hydrogen-bond acceptors (Lipinski definition) is 5. The molecule has 0 atom stereocenters. The zero-order valence-electron chi connectivity index (χ0n) is 14.2. The molecule has 0 aliphatic heterocycles. The number of Topliss-reactive ketones (excluding diaryl/α,β-unsaturated/α-hetero) is 1. The van der Waals surface area contributed by atoms with Gasteiger partial charge in [-0.2, -0.15) is 0 Å². The number of aromatic amines is 1. The third kappa shape index (κ3) is 3.03. The van der Waals surface area contributed by atoms with Crippen LogP contribution in [0.4, 0.5) is 0 Å². The average Bonchev–Trinajstić information content (AvgIpc) is 3.36. The van der Waals surface area contributed by atoms with Gasteiger partial charge in [-0.25, -0.2) is 14.8 Å². The fraction of sp³-hybridized carbons (Fsp3) is 0.263. The maximum absolute atomic E-state index is 11.8. The van der Waals surface area contributed by atoms with Gasteiger partial charge in [0.05, 0.1) is 23.9 Å². The molecule has 4 rings (SSSR count). The molecule has 0 radical (unpaired) electrons. The number of ether oxygens (including phenoxy) is 1. The first-order valence-corrected chi connectivity index (χ1v) is 8.38. The van der Waals surface area contributed by atoms with Gasteiger partial charge in [-0.3, -0.25) is 4.79 Å². The van der Waals surface area contributed by atoms with Crippen LogP contribution in [-0.4, -0.2) is 38.4 Å². The molecule has 0 spiro atoms. The Morgan fingerprint density at radius 2 is 2.15 bits per heavy atom. The van der Waals surface area contributed by atoms with Crippen LogP contribution in [0.2, 0.25) is 0 Å². The summed E-state index contributed by atoms with van der Waals surface area (Å²) in [7, 11) is 0. The second kappa shape index (κ2) is 6.25. The molecule has 3 aromatic rings. The highest BCUT2D eigenvalue weighted by Crippen LogP contribution is 2.34. The number of carboxylic acid groups (broad SMARTS) is 1. The van der Waals surface area contributed by atoms with Crippen LogP contribution in [-0.2, 0) is 0 Å². The van der Waals surface area contributed by atoms with E-state index in [0.717, 1.165) is 12.8 Å². The number of carbonyl (C=O) groups is 2. The number of nitrogens with zero attached hydrogens (tertiary/aromatic N) is 2. The van der Waals surface area contributed by atoms with Crippen molar-refractivity contribution in [2.75, 3.05) is 6.61 Å². The molecule has 0 saturated heterocycles. The van der Waals surface area contributed by atoms with Crippen LogP contribution in [0.25, 0.3) is 22.4 Å². The molecule has 1 fully saturated rings. The molecule has 7 heteroatoms. The van der Waals surface area contributed by atoms with E-state index in [1.54, 1.807) is 18.2 Å². The summed E-state index contributed by atoms with van der Waals surface area (Å²) >= 11 is 0. The van der Waals surface area contributed by atoms with E-state index in [2.05, 4.69) is 15.0 Å². The molecule has 0 bridgehead atoms. The van der Waals surface area contributed by atoms with Crippen LogP contribution in [0, 0.1) is 5.92 Å². The normalized spacial score (nSPS) is 13.7. The van der Waals surface area contributed by atoms with Crippen molar-refractivity contribution in [2.24, 2.45) is 5.92 Å². The first-order valence-electron chi connectivity index (χ1n) is 8.38. The number of benzene rings is 1. The zero-order chi connectivity index (χ0) is 18.3. The van der Waals surface area contributed by atoms with Crippen molar-refractivity contribution in [3.8, 4) is 17.1 Å². The second-order valence-electron chi connectivity index (χ2n) is 6.48. The number of H-pyrrole nitrogens is 1. The minimum Gasteiger partial charge on any atom is -0.493 e. The topological polar surface area (TPSA) is 105 Å². The number of carbonyl (C=O) groups excluding carboxylic acids is 1. The number of carboxylic acids is 1. The van der Waals surface area contributed by atoms with Gasteiger partial charge in [0, 0.05) is 11.8 Å². The van der Waals surface area contributed by atoms with Gasteiger partial charge in [-0.15, -0.1) is 0 Å². The lowest BCUT2D eigenvalue weighted by Crippen LogP contribution is -2.03. The van der Waals surface area contributed by atoms with E-state index < -0.39 is 5.97 Å². The predicted octanol–water partition coefficient (Wildman–Crippen LogP) is 3.31. The molecule has 0 unspecified atom stereocenters. The Morgan fingerprint density at radius 3 is 2.85 bits per heavy atom. The number of fused-ring (bicyclic) bond motifs is 1. The van der Waals surface area contributed by atoms with Crippen LogP contribution in [0.1, 0.15) is 40.5 Å². The Hall–Kier alpha value is -3.22. The van der Waals surface area contributed by atoms with Crippen LogP contribution < -0.4 is 4.74 Å². The number of rotatable bonds is 6. The van der Waals surface area contributed by atoms with Crippen LogP contribution in [0.5, 0.6) is 5.75 Å². The average molecular weight is 351 g/mol. The minimum absolute atomic E-state index is 0.0751. The van der Waals surface area contributed by atoms with Crippen LogP contribution in [0.15, 0.2) is 30.6 Å². The third-order valence-corrected chi connectivity index (χ3v) is 4.44. The van der Waals surface area contributed by atoms with Crippen molar-refractivity contribution in [2.45, 2.75) is 19.8 Å². The molecule has 7 nitrogen and oxygen atoms in total. The number of aromatic nitrogens is 3. The largest absolute Gasteiger partial charge is 0.493 e. The van der Waals surface area contributed by atoms with Crippen molar-refractivity contribution < 1.29 is 19.4 Å². The van der Waals surface area contributed by atoms with E-state index in [-0.39, 0.29) is 11.3 Å². The van der Waals surface area contributed by atoms with Gasteiger partial charge in [0.2, 0.25) is 0 Å². The smallest absolute Gasteiger partial charge is 0.339 e. The Balaban J connectivity index is 1.82. The number of hydrogen-bond donors (Lipinski definition) is 2. The van der Waals surface area contributed by atoms with Gasteiger partial charge in [0.15, 0.2) is 11.6 Å². The summed E-state index contributed by atoms with van der Waals surface area (Å²) in [5, 5.41) is 9.31. The molecule has 2 heterocycles. The van der Waals surface area contributed by atoms with Crippen molar-refractivity contribution >= 4 is 22.8 Å². The standard InChI is InChI=1S/C19H17N3O4/c1-10(23)12-4-5-16(26-9-11-2-3-11)13(6-12)18-21-8-15-17(22-18)14(7-20-15)19(24)25/h4-8,11,20H,2-3,9H2,1H3,(H,24,25). The Bertz CT molecular complexity index is 1020. The number of ketones is 1. The molecular formula is C19H17N3O4. The second-order valence-corrected chi connectivity index (χ2v) is 6.48. The predicted molar refractivity (Wildman–Crippen MR) is 94.5 cm³/mol. The molecular weight excluding hydrogens is 334 g/mol. The number of nitrogens with one attached hydrogen (secondary N) is 1.